The lowest BCUT2D eigenvalue weighted by atomic mass is 9.93. The van der Waals surface area contributed by atoms with E-state index in [1.54, 1.807) is 17.5 Å². The van der Waals surface area contributed by atoms with Gasteiger partial charge in [0.05, 0.1) is 18.7 Å². The molecule has 3 rings (SSSR count). The van der Waals surface area contributed by atoms with E-state index in [2.05, 4.69) is 20.5 Å². The number of hydrogen-bond acceptors (Lipinski definition) is 7. The first-order chi connectivity index (χ1) is 9.74. The van der Waals surface area contributed by atoms with Gasteiger partial charge in [0.15, 0.2) is 0 Å². The number of tetrazole rings is 1. The molecule has 1 fully saturated rings. The van der Waals surface area contributed by atoms with E-state index in [1.165, 1.54) is 0 Å². The Bertz CT molecular complexity index is 542. The third-order valence-corrected chi connectivity index (χ3v) is 4.40. The second kappa shape index (κ2) is 5.84. The van der Waals surface area contributed by atoms with Crippen LogP contribution >= 0.6 is 11.3 Å². The number of rotatable bonds is 4. The molecule has 2 aromatic heterocycles. The van der Waals surface area contributed by atoms with Crippen LogP contribution in [0.15, 0.2) is 11.6 Å². The van der Waals surface area contributed by atoms with Crippen molar-refractivity contribution in [2.24, 2.45) is 0 Å². The summed E-state index contributed by atoms with van der Waals surface area (Å²) in [7, 11) is 1.96. The van der Waals surface area contributed by atoms with Crippen molar-refractivity contribution < 1.29 is 5.11 Å². The van der Waals surface area contributed by atoms with Crippen molar-refractivity contribution in [1.82, 2.24) is 25.2 Å². The lowest BCUT2D eigenvalue weighted by Crippen LogP contribution is -2.27. The first kappa shape index (κ1) is 13.4. The Morgan fingerprint density at radius 1 is 1.50 bits per heavy atom. The minimum atomic E-state index is -0.241. The maximum Gasteiger partial charge on any atom is 0.245 e. The third kappa shape index (κ3) is 2.80. The van der Waals surface area contributed by atoms with Gasteiger partial charge >= 0.3 is 0 Å². The molecule has 2 atom stereocenters. The van der Waals surface area contributed by atoms with Gasteiger partial charge in [-0.25, -0.2) is 9.67 Å². The summed E-state index contributed by atoms with van der Waals surface area (Å²) >= 11 is 1.62. The van der Waals surface area contributed by atoms with Crippen LogP contribution in [-0.4, -0.2) is 43.4 Å². The minimum Gasteiger partial charge on any atom is -0.393 e. The Morgan fingerprint density at radius 2 is 2.40 bits per heavy atom. The normalized spacial score (nSPS) is 22.9. The molecule has 8 heteroatoms. The number of aliphatic hydroxyl groups is 1. The zero-order chi connectivity index (χ0) is 13.9. The van der Waals surface area contributed by atoms with E-state index < -0.39 is 0 Å². The molecule has 0 bridgehead atoms. The van der Waals surface area contributed by atoms with Gasteiger partial charge in [0.25, 0.3) is 0 Å². The molecular formula is C12H18N6OS. The molecule has 0 aromatic carbocycles. The molecule has 1 aliphatic rings. The standard InChI is InChI=1S/C12H18N6OS/c1-17(8-11-13-5-6-20-11)12-14-15-16-18(12)9-3-2-4-10(19)7-9/h5-6,9-10,19H,2-4,7-8H2,1H3. The van der Waals surface area contributed by atoms with Crippen LogP contribution in [0.5, 0.6) is 0 Å². The Balaban J connectivity index is 1.75. The molecular weight excluding hydrogens is 276 g/mol. The van der Waals surface area contributed by atoms with Crippen LogP contribution < -0.4 is 4.90 Å². The average Bonchev–Trinajstić information content (AvgIpc) is 3.09. The van der Waals surface area contributed by atoms with Crippen LogP contribution in [0.1, 0.15) is 36.7 Å². The second-order valence-electron chi connectivity index (χ2n) is 5.18. The number of hydrogen-bond donors (Lipinski definition) is 1. The maximum absolute atomic E-state index is 9.81. The zero-order valence-corrected chi connectivity index (χ0v) is 12.2. The minimum absolute atomic E-state index is 0.183. The monoisotopic (exact) mass is 294 g/mol. The van der Waals surface area contributed by atoms with Gasteiger partial charge in [0.1, 0.15) is 5.01 Å². The van der Waals surface area contributed by atoms with Gasteiger partial charge < -0.3 is 10.0 Å². The highest BCUT2D eigenvalue weighted by molar-refractivity contribution is 7.09. The van der Waals surface area contributed by atoms with Crippen LogP contribution in [0.4, 0.5) is 5.95 Å². The van der Waals surface area contributed by atoms with Crippen LogP contribution in [0.25, 0.3) is 0 Å². The van der Waals surface area contributed by atoms with Gasteiger partial charge in [-0.05, 0) is 36.1 Å². The molecule has 1 aliphatic carbocycles. The van der Waals surface area contributed by atoms with E-state index in [1.807, 2.05) is 22.0 Å². The Hall–Kier alpha value is -1.54. The number of aliphatic hydroxyl groups excluding tert-OH is 1. The van der Waals surface area contributed by atoms with Gasteiger partial charge in [-0.2, -0.15) is 0 Å². The summed E-state index contributed by atoms with van der Waals surface area (Å²) < 4.78 is 1.84. The summed E-state index contributed by atoms with van der Waals surface area (Å²) in [6.07, 6.45) is 5.19. The molecule has 7 nitrogen and oxygen atoms in total. The van der Waals surface area contributed by atoms with Crippen molar-refractivity contribution >= 4 is 17.3 Å². The first-order valence-electron chi connectivity index (χ1n) is 6.79. The molecule has 1 N–H and O–H groups in total. The lowest BCUT2D eigenvalue weighted by molar-refractivity contribution is 0.0999. The highest BCUT2D eigenvalue weighted by Gasteiger charge is 2.26. The van der Waals surface area contributed by atoms with Gasteiger partial charge in [0.2, 0.25) is 5.95 Å². The summed E-state index contributed by atoms with van der Waals surface area (Å²) in [6, 6.07) is 0.183. The molecule has 108 valence electrons. The quantitative estimate of drug-likeness (QED) is 0.914. The molecule has 0 spiro atoms. The van der Waals surface area contributed by atoms with Crippen molar-refractivity contribution in [3.63, 3.8) is 0 Å². The van der Waals surface area contributed by atoms with Gasteiger partial charge in [-0.1, -0.05) is 5.10 Å². The Kier molecular flexibility index (Phi) is 3.93. The van der Waals surface area contributed by atoms with Gasteiger partial charge in [-0.3, -0.25) is 0 Å². The number of nitrogens with zero attached hydrogens (tertiary/aromatic N) is 6. The van der Waals surface area contributed by atoms with Crippen LogP contribution in [-0.2, 0) is 6.54 Å². The van der Waals surface area contributed by atoms with Crippen molar-refractivity contribution in [3.05, 3.63) is 16.6 Å². The molecule has 2 unspecified atom stereocenters. The second-order valence-corrected chi connectivity index (χ2v) is 6.16. The number of anilines is 1. The predicted octanol–water partition coefficient (Wildman–Crippen LogP) is 1.24. The van der Waals surface area contributed by atoms with Crippen molar-refractivity contribution in [2.45, 2.75) is 44.4 Å². The smallest absolute Gasteiger partial charge is 0.245 e. The van der Waals surface area contributed by atoms with E-state index in [9.17, 15) is 5.11 Å². The molecule has 0 radical (unpaired) electrons. The molecule has 0 amide bonds. The fraction of sp³-hybridized carbons (Fsp3) is 0.667. The fourth-order valence-electron chi connectivity index (χ4n) is 2.64. The summed E-state index contributed by atoms with van der Waals surface area (Å²) in [5.74, 6) is 0.735. The predicted molar refractivity (Wildman–Crippen MR) is 75.5 cm³/mol. The SMILES string of the molecule is CN(Cc1nccs1)c1nnnn1C1CCCC(O)C1. The summed E-state index contributed by atoms with van der Waals surface area (Å²) in [5.41, 5.74) is 0. The molecule has 1 saturated carbocycles. The molecule has 0 aliphatic heterocycles. The van der Waals surface area contributed by atoms with E-state index in [0.29, 0.717) is 6.54 Å². The first-order valence-corrected chi connectivity index (χ1v) is 7.67. The Morgan fingerprint density at radius 3 is 3.15 bits per heavy atom. The van der Waals surface area contributed by atoms with Crippen molar-refractivity contribution in [1.29, 1.82) is 0 Å². The zero-order valence-electron chi connectivity index (χ0n) is 11.4. The highest BCUT2D eigenvalue weighted by Crippen LogP contribution is 2.30. The van der Waals surface area contributed by atoms with E-state index >= 15 is 0 Å². The van der Waals surface area contributed by atoms with E-state index in [4.69, 9.17) is 0 Å². The molecule has 0 saturated heterocycles. The summed E-state index contributed by atoms with van der Waals surface area (Å²) in [4.78, 5) is 6.28. The van der Waals surface area contributed by atoms with Crippen LogP contribution in [0.2, 0.25) is 0 Å². The van der Waals surface area contributed by atoms with Crippen LogP contribution in [0, 0.1) is 0 Å². The van der Waals surface area contributed by atoms with Crippen LogP contribution in [0.3, 0.4) is 0 Å². The van der Waals surface area contributed by atoms with Gasteiger partial charge in [0, 0.05) is 18.6 Å². The van der Waals surface area contributed by atoms with Crippen molar-refractivity contribution in [3.8, 4) is 0 Å². The third-order valence-electron chi connectivity index (χ3n) is 3.64. The summed E-state index contributed by atoms with van der Waals surface area (Å²) in [5, 5.41) is 24.8. The molecule has 20 heavy (non-hydrogen) atoms. The lowest BCUT2D eigenvalue weighted by Gasteiger charge is -2.27. The highest BCUT2D eigenvalue weighted by atomic mass is 32.1. The summed E-state index contributed by atoms with van der Waals surface area (Å²) in [6.45, 7) is 0.688. The number of thiazole rings is 1. The fourth-order valence-corrected chi connectivity index (χ4v) is 3.31. The van der Waals surface area contributed by atoms with E-state index in [0.717, 1.165) is 36.6 Å². The topological polar surface area (TPSA) is 80.0 Å². The van der Waals surface area contributed by atoms with Gasteiger partial charge in [-0.15, -0.1) is 11.3 Å². The largest absolute Gasteiger partial charge is 0.393 e. The Labute approximate surface area is 121 Å². The average molecular weight is 294 g/mol. The molecule has 2 heterocycles. The maximum atomic E-state index is 9.81. The number of aromatic nitrogens is 5. The van der Waals surface area contributed by atoms with Crippen molar-refractivity contribution in [2.75, 3.05) is 11.9 Å². The van der Waals surface area contributed by atoms with E-state index in [-0.39, 0.29) is 12.1 Å². The molecule has 2 aromatic rings.